The summed E-state index contributed by atoms with van der Waals surface area (Å²) in [4.78, 5) is 10.8. The summed E-state index contributed by atoms with van der Waals surface area (Å²) in [7, 11) is 0. The third-order valence-corrected chi connectivity index (χ3v) is 2.15. The topological polar surface area (TPSA) is 30.2 Å². The van der Waals surface area contributed by atoms with Gasteiger partial charge in [-0.15, -0.1) is 0 Å². The molecule has 0 spiro atoms. The molecule has 1 aromatic heterocycles. The summed E-state index contributed by atoms with van der Waals surface area (Å²) >= 11 is 5.38. The summed E-state index contributed by atoms with van der Waals surface area (Å²) in [6.07, 6.45) is 2.95. The molecule has 0 saturated carbocycles. The molecule has 2 nitrogen and oxygen atoms in total. The first-order chi connectivity index (χ1) is 5.74. The van der Waals surface area contributed by atoms with E-state index in [-0.39, 0.29) is 11.2 Å². The van der Waals surface area contributed by atoms with Crippen LogP contribution in [0.2, 0.25) is 0 Å². The van der Waals surface area contributed by atoms with Crippen molar-refractivity contribution < 1.29 is 9.21 Å². The minimum Gasteiger partial charge on any atom is -0.469 e. The van der Waals surface area contributed by atoms with Crippen LogP contribution in [0.1, 0.15) is 19.1 Å². The molecule has 0 aliphatic heterocycles. The Morgan fingerprint density at radius 2 is 2.50 bits per heavy atom. The van der Waals surface area contributed by atoms with Gasteiger partial charge in [-0.3, -0.25) is 4.79 Å². The van der Waals surface area contributed by atoms with Gasteiger partial charge >= 0.3 is 0 Å². The molecule has 0 amide bonds. The van der Waals surface area contributed by atoms with Gasteiger partial charge in [0, 0.05) is 12.3 Å². The first-order valence-electron chi connectivity index (χ1n) is 3.95. The van der Waals surface area contributed by atoms with Crippen molar-refractivity contribution in [3.05, 3.63) is 24.2 Å². The molecule has 0 radical (unpaired) electrons. The normalized spacial score (nSPS) is 12.8. The van der Waals surface area contributed by atoms with E-state index >= 15 is 0 Å². The number of carbonyl (C=O) groups excluding carboxylic acids is 1. The van der Waals surface area contributed by atoms with Crippen LogP contribution in [0.15, 0.2) is 22.8 Å². The standard InChI is InChI=1S/C9H11ClO2/c1-2-7(9(10)11)6-8-4-3-5-12-8/h3-5,7H,2,6H2,1H3. The molecular formula is C9H11ClO2. The maximum atomic E-state index is 10.8. The molecule has 1 rings (SSSR count). The Kier molecular flexibility index (Phi) is 3.35. The molecule has 1 aromatic rings. The third-order valence-electron chi connectivity index (χ3n) is 1.84. The number of carbonyl (C=O) groups is 1. The average Bonchev–Trinajstić information content (AvgIpc) is 2.51. The predicted molar refractivity (Wildman–Crippen MR) is 47.1 cm³/mol. The van der Waals surface area contributed by atoms with Crippen LogP contribution in [0.4, 0.5) is 0 Å². The first kappa shape index (κ1) is 9.33. The van der Waals surface area contributed by atoms with Crippen LogP contribution < -0.4 is 0 Å². The van der Waals surface area contributed by atoms with E-state index < -0.39 is 0 Å². The van der Waals surface area contributed by atoms with Crippen LogP contribution in [0.3, 0.4) is 0 Å². The van der Waals surface area contributed by atoms with E-state index in [9.17, 15) is 4.79 Å². The summed E-state index contributed by atoms with van der Waals surface area (Å²) in [6.45, 7) is 1.94. The van der Waals surface area contributed by atoms with E-state index in [0.717, 1.165) is 12.2 Å². The lowest BCUT2D eigenvalue weighted by molar-refractivity contribution is -0.115. The summed E-state index contributed by atoms with van der Waals surface area (Å²) < 4.78 is 5.11. The molecule has 66 valence electrons. The third kappa shape index (κ3) is 2.38. The predicted octanol–water partition coefficient (Wildman–Crippen LogP) is 2.61. The van der Waals surface area contributed by atoms with Crippen LogP contribution in [0.5, 0.6) is 0 Å². The Morgan fingerprint density at radius 3 is 2.92 bits per heavy atom. The Balaban J connectivity index is 2.54. The molecule has 0 aliphatic carbocycles. The maximum Gasteiger partial charge on any atom is 0.225 e. The highest BCUT2D eigenvalue weighted by Crippen LogP contribution is 2.15. The van der Waals surface area contributed by atoms with Crippen molar-refractivity contribution in [1.82, 2.24) is 0 Å². The number of hydrogen-bond donors (Lipinski definition) is 0. The lowest BCUT2D eigenvalue weighted by Crippen LogP contribution is -2.10. The van der Waals surface area contributed by atoms with Gasteiger partial charge in [-0.25, -0.2) is 0 Å². The highest BCUT2D eigenvalue weighted by molar-refractivity contribution is 6.63. The molecule has 1 unspecified atom stereocenters. The molecule has 12 heavy (non-hydrogen) atoms. The number of rotatable bonds is 4. The van der Waals surface area contributed by atoms with Gasteiger partial charge < -0.3 is 4.42 Å². The quantitative estimate of drug-likeness (QED) is 0.677. The van der Waals surface area contributed by atoms with E-state index in [1.807, 2.05) is 13.0 Å². The first-order valence-corrected chi connectivity index (χ1v) is 4.33. The van der Waals surface area contributed by atoms with E-state index in [1.54, 1.807) is 12.3 Å². The van der Waals surface area contributed by atoms with E-state index in [0.29, 0.717) is 6.42 Å². The number of hydrogen-bond acceptors (Lipinski definition) is 2. The number of furan rings is 1. The Morgan fingerprint density at radius 1 is 1.75 bits per heavy atom. The summed E-state index contributed by atoms with van der Waals surface area (Å²) in [5.74, 6) is 0.702. The second-order valence-corrected chi connectivity index (χ2v) is 3.07. The molecule has 0 aromatic carbocycles. The van der Waals surface area contributed by atoms with Gasteiger partial charge in [-0.2, -0.15) is 0 Å². The molecule has 0 bridgehead atoms. The largest absolute Gasteiger partial charge is 0.469 e. The van der Waals surface area contributed by atoms with Gasteiger partial charge in [0.2, 0.25) is 5.24 Å². The van der Waals surface area contributed by atoms with Crippen molar-refractivity contribution in [1.29, 1.82) is 0 Å². The van der Waals surface area contributed by atoms with Gasteiger partial charge in [0.25, 0.3) is 0 Å². The molecule has 1 atom stereocenters. The van der Waals surface area contributed by atoms with Crippen LogP contribution in [-0.4, -0.2) is 5.24 Å². The SMILES string of the molecule is CCC(Cc1ccco1)C(=O)Cl. The average molecular weight is 187 g/mol. The zero-order valence-corrected chi connectivity index (χ0v) is 7.67. The van der Waals surface area contributed by atoms with Gasteiger partial charge in [0.1, 0.15) is 5.76 Å². The van der Waals surface area contributed by atoms with Gasteiger partial charge in [-0.05, 0) is 30.2 Å². The fraction of sp³-hybridized carbons (Fsp3) is 0.444. The van der Waals surface area contributed by atoms with Crippen molar-refractivity contribution in [2.45, 2.75) is 19.8 Å². The number of halogens is 1. The molecule has 0 N–H and O–H groups in total. The Hall–Kier alpha value is -0.760. The second-order valence-electron chi connectivity index (χ2n) is 2.69. The molecule has 0 saturated heterocycles. The zero-order chi connectivity index (χ0) is 8.97. The van der Waals surface area contributed by atoms with Crippen LogP contribution >= 0.6 is 11.6 Å². The van der Waals surface area contributed by atoms with E-state index in [1.165, 1.54) is 0 Å². The summed E-state index contributed by atoms with van der Waals surface area (Å²) in [6, 6.07) is 3.66. The van der Waals surface area contributed by atoms with Crippen molar-refractivity contribution in [3.8, 4) is 0 Å². The highest BCUT2D eigenvalue weighted by Gasteiger charge is 2.15. The smallest absolute Gasteiger partial charge is 0.225 e. The maximum absolute atomic E-state index is 10.8. The van der Waals surface area contributed by atoms with Crippen LogP contribution in [-0.2, 0) is 11.2 Å². The van der Waals surface area contributed by atoms with E-state index in [2.05, 4.69) is 0 Å². The van der Waals surface area contributed by atoms with Crippen LogP contribution in [0, 0.1) is 5.92 Å². The van der Waals surface area contributed by atoms with Gasteiger partial charge in [0.15, 0.2) is 0 Å². The van der Waals surface area contributed by atoms with Crippen molar-refractivity contribution >= 4 is 16.8 Å². The van der Waals surface area contributed by atoms with Crippen molar-refractivity contribution in [2.75, 3.05) is 0 Å². The Bertz CT molecular complexity index is 241. The van der Waals surface area contributed by atoms with Crippen LogP contribution in [0.25, 0.3) is 0 Å². The molecule has 1 heterocycles. The lowest BCUT2D eigenvalue weighted by atomic mass is 10.0. The highest BCUT2D eigenvalue weighted by atomic mass is 35.5. The zero-order valence-electron chi connectivity index (χ0n) is 6.92. The van der Waals surface area contributed by atoms with Gasteiger partial charge in [-0.1, -0.05) is 6.92 Å². The molecule has 0 fully saturated rings. The summed E-state index contributed by atoms with van der Waals surface area (Å²) in [5.41, 5.74) is 0. The van der Waals surface area contributed by atoms with Crippen molar-refractivity contribution in [2.24, 2.45) is 5.92 Å². The fourth-order valence-electron chi connectivity index (χ4n) is 1.06. The minimum absolute atomic E-state index is 0.113. The molecule has 0 aliphatic rings. The monoisotopic (exact) mass is 186 g/mol. The van der Waals surface area contributed by atoms with Crippen molar-refractivity contribution in [3.63, 3.8) is 0 Å². The summed E-state index contributed by atoms with van der Waals surface area (Å²) in [5, 5.41) is -0.283. The van der Waals surface area contributed by atoms with Gasteiger partial charge in [0.05, 0.1) is 6.26 Å². The van der Waals surface area contributed by atoms with E-state index in [4.69, 9.17) is 16.0 Å². The second kappa shape index (κ2) is 4.31. The fourth-order valence-corrected chi connectivity index (χ4v) is 1.29. The molecule has 3 heteroatoms. The Labute approximate surface area is 76.5 Å². The molecular weight excluding hydrogens is 176 g/mol. The minimum atomic E-state index is -0.283. The lowest BCUT2D eigenvalue weighted by Gasteiger charge is -2.05.